The maximum Gasteiger partial charge on any atom is 0.262 e. The molecular formula is C12H8FNO2S. The molecule has 1 aliphatic heterocycles. The van der Waals surface area contributed by atoms with Gasteiger partial charge in [0.05, 0.1) is 10.6 Å². The van der Waals surface area contributed by atoms with Crippen molar-refractivity contribution in [3.63, 3.8) is 0 Å². The fraction of sp³-hybridized carbons (Fsp3) is 0. The van der Waals surface area contributed by atoms with Crippen molar-refractivity contribution in [1.82, 2.24) is 0 Å². The number of fused-ring (bicyclic) bond motifs is 3. The number of anilines is 1. The summed E-state index contributed by atoms with van der Waals surface area (Å²) in [6.45, 7) is 0. The fourth-order valence-corrected chi connectivity index (χ4v) is 3.24. The van der Waals surface area contributed by atoms with Crippen molar-refractivity contribution < 1.29 is 12.8 Å². The number of sulfonamides is 1. The number of benzene rings is 2. The van der Waals surface area contributed by atoms with Gasteiger partial charge in [-0.25, -0.2) is 12.8 Å². The molecule has 2 aromatic rings. The molecule has 2 aromatic carbocycles. The van der Waals surface area contributed by atoms with Crippen LogP contribution in [0.5, 0.6) is 0 Å². The first-order valence-corrected chi connectivity index (χ1v) is 6.48. The van der Waals surface area contributed by atoms with Gasteiger partial charge in [0.2, 0.25) is 0 Å². The minimum atomic E-state index is -3.59. The Hall–Kier alpha value is -1.88. The Kier molecular flexibility index (Phi) is 2.00. The number of rotatable bonds is 0. The lowest BCUT2D eigenvalue weighted by Gasteiger charge is -2.21. The molecule has 0 fully saturated rings. The molecule has 1 N–H and O–H groups in total. The van der Waals surface area contributed by atoms with Crippen LogP contribution in [-0.2, 0) is 10.0 Å². The Bertz CT molecular complexity index is 710. The van der Waals surface area contributed by atoms with Gasteiger partial charge in [-0.2, -0.15) is 0 Å². The van der Waals surface area contributed by atoms with Gasteiger partial charge < -0.3 is 0 Å². The van der Waals surface area contributed by atoms with E-state index in [1.807, 2.05) is 0 Å². The summed E-state index contributed by atoms with van der Waals surface area (Å²) in [5.74, 6) is -0.448. The van der Waals surface area contributed by atoms with Gasteiger partial charge in [0.25, 0.3) is 10.0 Å². The molecule has 0 saturated heterocycles. The van der Waals surface area contributed by atoms with Crippen molar-refractivity contribution >= 4 is 15.7 Å². The van der Waals surface area contributed by atoms with Crippen LogP contribution in [0.3, 0.4) is 0 Å². The quantitative estimate of drug-likeness (QED) is 0.780. The standard InChI is InChI=1S/C12H8FNO2S/c13-8-5-6-12-10(7-8)9-3-1-2-4-11(9)14-17(12,15)16/h1-7,14H. The van der Waals surface area contributed by atoms with E-state index in [2.05, 4.69) is 4.72 Å². The summed E-state index contributed by atoms with van der Waals surface area (Å²) < 4.78 is 39.5. The Morgan fingerprint density at radius 1 is 1.00 bits per heavy atom. The Labute approximate surface area is 98.0 Å². The molecule has 0 saturated carbocycles. The van der Waals surface area contributed by atoms with Crippen molar-refractivity contribution in [2.24, 2.45) is 0 Å². The van der Waals surface area contributed by atoms with Crippen LogP contribution < -0.4 is 4.72 Å². The normalized spacial score (nSPS) is 15.6. The van der Waals surface area contributed by atoms with Crippen LogP contribution in [0, 0.1) is 5.82 Å². The van der Waals surface area contributed by atoms with E-state index in [9.17, 15) is 12.8 Å². The Balaban J connectivity index is 2.42. The van der Waals surface area contributed by atoms with Crippen LogP contribution >= 0.6 is 0 Å². The molecule has 0 amide bonds. The molecule has 5 heteroatoms. The highest BCUT2D eigenvalue weighted by molar-refractivity contribution is 7.93. The second-order valence-corrected chi connectivity index (χ2v) is 5.44. The van der Waals surface area contributed by atoms with Crippen molar-refractivity contribution in [2.75, 3.05) is 4.72 Å². The van der Waals surface area contributed by atoms with Gasteiger partial charge in [-0.3, -0.25) is 4.72 Å². The van der Waals surface area contributed by atoms with E-state index in [1.54, 1.807) is 24.3 Å². The van der Waals surface area contributed by atoms with E-state index < -0.39 is 15.8 Å². The van der Waals surface area contributed by atoms with Crippen LogP contribution in [0.15, 0.2) is 47.4 Å². The van der Waals surface area contributed by atoms with E-state index in [-0.39, 0.29) is 4.90 Å². The number of hydrogen-bond donors (Lipinski definition) is 1. The summed E-state index contributed by atoms with van der Waals surface area (Å²) in [6, 6.07) is 10.6. The summed E-state index contributed by atoms with van der Waals surface area (Å²) >= 11 is 0. The first-order valence-electron chi connectivity index (χ1n) is 5.00. The zero-order valence-electron chi connectivity index (χ0n) is 8.64. The molecule has 0 atom stereocenters. The average molecular weight is 249 g/mol. The molecule has 86 valence electrons. The van der Waals surface area contributed by atoms with Gasteiger partial charge in [-0.15, -0.1) is 0 Å². The molecule has 0 radical (unpaired) electrons. The average Bonchev–Trinajstić information content (AvgIpc) is 2.28. The summed E-state index contributed by atoms with van der Waals surface area (Å²) in [5.41, 5.74) is 1.57. The molecule has 0 aliphatic carbocycles. The highest BCUT2D eigenvalue weighted by Crippen LogP contribution is 2.38. The van der Waals surface area contributed by atoms with Crippen LogP contribution in [0.25, 0.3) is 11.1 Å². The van der Waals surface area contributed by atoms with Crippen molar-refractivity contribution in [3.8, 4) is 11.1 Å². The third kappa shape index (κ3) is 1.51. The van der Waals surface area contributed by atoms with Gasteiger partial charge in [-0.1, -0.05) is 18.2 Å². The minimum Gasteiger partial charge on any atom is -0.279 e. The molecule has 0 bridgehead atoms. The highest BCUT2D eigenvalue weighted by Gasteiger charge is 2.27. The molecule has 0 spiro atoms. The molecule has 1 heterocycles. The van der Waals surface area contributed by atoms with Gasteiger partial charge in [0.15, 0.2) is 0 Å². The summed E-state index contributed by atoms with van der Waals surface area (Å²) in [6.07, 6.45) is 0. The smallest absolute Gasteiger partial charge is 0.262 e. The van der Waals surface area contributed by atoms with Crippen molar-refractivity contribution in [3.05, 3.63) is 48.3 Å². The van der Waals surface area contributed by atoms with E-state index >= 15 is 0 Å². The van der Waals surface area contributed by atoms with Gasteiger partial charge in [-0.05, 0) is 24.3 Å². The van der Waals surface area contributed by atoms with E-state index in [0.717, 1.165) is 6.07 Å². The predicted octanol–water partition coefficient (Wildman–Crippen LogP) is 2.61. The van der Waals surface area contributed by atoms with Crippen LogP contribution in [-0.4, -0.2) is 8.42 Å². The Morgan fingerprint density at radius 2 is 1.76 bits per heavy atom. The molecule has 3 nitrogen and oxygen atoms in total. The lowest BCUT2D eigenvalue weighted by Crippen LogP contribution is -2.18. The first kappa shape index (κ1) is 10.3. The maximum atomic E-state index is 13.2. The van der Waals surface area contributed by atoms with E-state index in [1.165, 1.54) is 12.1 Å². The van der Waals surface area contributed by atoms with Crippen LogP contribution in [0.2, 0.25) is 0 Å². The SMILES string of the molecule is O=S1(=O)Nc2ccccc2-c2cc(F)ccc21. The predicted molar refractivity (Wildman–Crippen MR) is 62.6 cm³/mol. The molecule has 0 unspecified atom stereocenters. The van der Waals surface area contributed by atoms with Gasteiger partial charge in [0.1, 0.15) is 5.82 Å². The minimum absolute atomic E-state index is 0.109. The summed E-state index contributed by atoms with van der Waals surface area (Å²) in [5, 5.41) is 0. The van der Waals surface area contributed by atoms with Gasteiger partial charge in [0, 0.05) is 11.1 Å². The van der Waals surface area contributed by atoms with Gasteiger partial charge >= 0.3 is 0 Å². The molecule has 3 rings (SSSR count). The van der Waals surface area contributed by atoms with E-state index in [0.29, 0.717) is 16.8 Å². The second-order valence-electron chi connectivity index (χ2n) is 3.79. The maximum absolute atomic E-state index is 13.2. The zero-order chi connectivity index (χ0) is 12.0. The first-order chi connectivity index (χ1) is 8.08. The molecule has 1 aliphatic rings. The topological polar surface area (TPSA) is 46.2 Å². The number of para-hydroxylation sites is 1. The highest BCUT2D eigenvalue weighted by atomic mass is 32.2. The van der Waals surface area contributed by atoms with Crippen LogP contribution in [0.1, 0.15) is 0 Å². The number of halogens is 1. The van der Waals surface area contributed by atoms with Crippen molar-refractivity contribution in [2.45, 2.75) is 4.90 Å². The molecular weight excluding hydrogens is 241 g/mol. The van der Waals surface area contributed by atoms with Crippen LogP contribution in [0.4, 0.5) is 10.1 Å². The molecule has 0 aromatic heterocycles. The largest absolute Gasteiger partial charge is 0.279 e. The van der Waals surface area contributed by atoms with Crippen molar-refractivity contribution in [1.29, 1.82) is 0 Å². The zero-order valence-corrected chi connectivity index (χ0v) is 9.46. The monoisotopic (exact) mass is 249 g/mol. The third-order valence-electron chi connectivity index (χ3n) is 2.69. The lowest BCUT2D eigenvalue weighted by molar-refractivity contribution is 0.599. The second kappa shape index (κ2) is 3.30. The fourth-order valence-electron chi connectivity index (χ4n) is 1.95. The Morgan fingerprint density at radius 3 is 2.59 bits per heavy atom. The van der Waals surface area contributed by atoms with E-state index in [4.69, 9.17) is 0 Å². The summed E-state index contributed by atoms with van der Waals surface area (Å²) in [4.78, 5) is 0.109. The molecule has 17 heavy (non-hydrogen) atoms. The third-order valence-corrected chi connectivity index (χ3v) is 4.12. The number of nitrogens with one attached hydrogen (secondary N) is 1. The lowest BCUT2D eigenvalue weighted by atomic mass is 10.0. The summed E-state index contributed by atoms with van der Waals surface area (Å²) in [7, 11) is -3.59. The number of hydrogen-bond acceptors (Lipinski definition) is 2.